The van der Waals surface area contributed by atoms with Crippen molar-refractivity contribution in [2.75, 3.05) is 18.5 Å². The number of aryl methyl sites for hydroxylation is 1. The first-order chi connectivity index (χ1) is 14.2. The van der Waals surface area contributed by atoms with E-state index in [1.54, 1.807) is 0 Å². The number of nitro benzene ring substituents is 2. The first-order valence-corrected chi connectivity index (χ1v) is 8.41. The zero-order valence-corrected chi connectivity index (χ0v) is 15.6. The lowest BCUT2D eigenvalue weighted by molar-refractivity contribution is -0.385. The monoisotopic (exact) mass is 416 g/mol. The van der Waals surface area contributed by atoms with Crippen molar-refractivity contribution in [2.45, 2.75) is 6.92 Å². The second-order valence-corrected chi connectivity index (χ2v) is 5.92. The van der Waals surface area contributed by atoms with Crippen LogP contribution < -0.4 is 10.6 Å². The van der Waals surface area contributed by atoms with Crippen LogP contribution >= 0.6 is 0 Å². The maximum absolute atomic E-state index is 12.0. The average Bonchev–Trinajstić information content (AvgIpc) is 2.70. The minimum absolute atomic E-state index is 0.0506. The molecular weight excluding hydrogens is 400 g/mol. The Morgan fingerprint density at radius 1 is 1.00 bits per heavy atom. The second kappa shape index (κ2) is 9.73. The van der Waals surface area contributed by atoms with Crippen molar-refractivity contribution < 1.29 is 29.0 Å². The van der Waals surface area contributed by atoms with Crippen molar-refractivity contribution >= 4 is 34.8 Å². The van der Waals surface area contributed by atoms with Gasteiger partial charge < -0.3 is 15.4 Å². The Morgan fingerprint density at radius 3 is 2.30 bits per heavy atom. The van der Waals surface area contributed by atoms with Crippen molar-refractivity contribution in [3.05, 3.63) is 73.8 Å². The van der Waals surface area contributed by atoms with Gasteiger partial charge >= 0.3 is 5.97 Å². The zero-order chi connectivity index (χ0) is 22.3. The number of amides is 2. The summed E-state index contributed by atoms with van der Waals surface area (Å²) in [4.78, 5) is 56.0. The first-order valence-electron chi connectivity index (χ1n) is 8.41. The molecule has 0 saturated heterocycles. The van der Waals surface area contributed by atoms with Gasteiger partial charge in [-0.1, -0.05) is 12.1 Å². The molecule has 0 aliphatic rings. The number of hydrogen-bond donors (Lipinski definition) is 2. The fraction of sp³-hybridized carbons (Fsp3) is 0.167. The van der Waals surface area contributed by atoms with Crippen molar-refractivity contribution in [1.29, 1.82) is 0 Å². The van der Waals surface area contributed by atoms with Crippen LogP contribution in [0.3, 0.4) is 0 Å². The quantitative estimate of drug-likeness (QED) is 0.372. The lowest BCUT2D eigenvalue weighted by Gasteiger charge is -2.08. The third-order valence-corrected chi connectivity index (χ3v) is 3.79. The highest BCUT2D eigenvalue weighted by molar-refractivity contribution is 5.97. The van der Waals surface area contributed by atoms with E-state index in [0.29, 0.717) is 0 Å². The number of anilines is 1. The van der Waals surface area contributed by atoms with E-state index in [1.165, 1.54) is 49.4 Å². The number of nitrogens with one attached hydrogen (secondary N) is 2. The van der Waals surface area contributed by atoms with Crippen molar-refractivity contribution in [2.24, 2.45) is 0 Å². The van der Waals surface area contributed by atoms with Gasteiger partial charge in [0.1, 0.15) is 12.2 Å². The Kier molecular flexibility index (Phi) is 7.11. The van der Waals surface area contributed by atoms with Crippen molar-refractivity contribution in [3.8, 4) is 0 Å². The largest absolute Gasteiger partial charge is 0.454 e. The predicted octanol–water partition coefficient (Wildman–Crippen LogP) is 1.72. The molecule has 0 atom stereocenters. The van der Waals surface area contributed by atoms with E-state index >= 15 is 0 Å². The van der Waals surface area contributed by atoms with Crippen LogP contribution in [-0.4, -0.2) is 40.8 Å². The van der Waals surface area contributed by atoms with Gasteiger partial charge in [0.25, 0.3) is 23.2 Å². The van der Waals surface area contributed by atoms with Gasteiger partial charge in [-0.3, -0.25) is 34.6 Å². The summed E-state index contributed by atoms with van der Waals surface area (Å²) in [5.41, 5.74) is -0.120. The van der Waals surface area contributed by atoms with E-state index in [2.05, 4.69) is 10.6 Å². The molecule has 2 rings (SSSR count). The molecule has 0 heterocycles. The lowest BCUT2D eigenvalue weighted by Crippen LogP contribution is -2.32. The van der Waals surface area contributed by atoms with E-state index in [1.807, 2.05) is 0 Å². The molecule has 0 unspecified atom stereocenters. The summed E-state index contributed by atoms with van der Waals surface area (Å²) in [7, 11) is 0. The third kappa shape index (κ3) is 5.82. The van der Waals surface area contributed by atoms with Crippen LogP contribution in [0, 0.1) is 27.2 Å². The molecule has 12 nitrogen and oxygen atoms in total. The Morgan fingerprint density at radius 2 is 1.67 bits per heavy atom. The molecule has 0 saturated carbocycles. The van der Waals surface area contributed by atoms with Crippen LogP contribution in [0.2, 0.25) is 0 Å². The number of benzene rings is 2. The summed E-state index contributed by atoms with van der Waals surface area (Å²) >= 11 is 0. The van der Waals surface area contributed by atoms with E-state index in [4.69, 9.17) is 4.74 Å². The second-order valence-electron chi connectivity index (χ2n) is 5.92. The first kappa shape index (κ1) is 21.9. The number of esters is 1. The third-order valence-electron chi connectivity index (χ3n) is 3.79. The number of para-hydroxylation sites is 2. The summed E-state index contributed by atoms with van der Waals surface area (Å²) in [6, 6.07) is 9.18. The smallest absolute Gasteiger partial charge is 0.325 e. The van der Waals surface area contributed by atoms with Gasteiger partial charge in [0.15, 0.2) is 6.61 Å². The summed E-state index contributed by atoms with van der Waals surface area (Å²) in [6.07, 6.45) is 0. The van der Waals surface area contributed by atoms with Crippen LogP contribution in [-0.2, 0) is 14.3 Å². The van der Waals surface area contributed by atoms with Crippen LogP contribution in [0.4, 0.5) is 17.1 Å². The van der Waals surface area contributed by atoms with E-state index in [9.17, 15) is 34.6 Å². The van der Waals surface area contributed by atoms with Gasteiger partial charge in [0, 0.05) is 23.3 Å². The van der Waals surface area contributed by atoms with E-state index < -0.39 is 40.8 Å². The Balaban J connectivity index is 1.83. The number of carbonyl (C=O) groups excluding carboxylic acids is 3. The highest BCUT2D eigenvalue weighted by Crippen LogP contribution is 2.23. The minimum Gasteiger partial charge on any atom is -0.454 e. The summed E-state index contributed by atoms with van der Waals surface area (Å²) in [5, 5.41) is 26.2. The molecule has 2 aromatic rings. The molecular formula is C18H16N4O8. The van der Waals surface area contributed by atoms with Crippen molar-refractivity contribution in [3.63, 3.8) is 0 Å². The Labute approximate surface area is 169 Å². The van der Waals surface area contributed by atoms with Crippen LogP contribution in [0.1, 0.15) is 15.9 Å². The summed E-state index contributed by atoms with van der Waals surface area (Å²) in [5.74, 6) is -2.37. The molecule has 156 valence electrons. The molecule has 0 spiro atoms. The van der Waals surface area contributed by atoms with E-state index in [-0.39, 0.29) is 28.2 Å². The molecule has 0 radical (unpaired) electrons. The lowest BCUT2D eigenvalue weighted by atomic mass is 10.1. The van der Waals surface area contributed by atoms with Gasteiger partial charge in [0.2, 0.25) is 0 Å². The molecule has 0 aliphatic heterocycles. The van der Waals surface area contributed by atoms with Crippen LogP contribution in [0.5, 0.6) is 0 Å². The normalized spacial score (nSPS) is 10.0. The van der Waals surface area contributed by atoms with Crippen LogP contribution in [0.15, 0.2) is 42.5 Å². The topological polar surface area (TPSA) is 171 Å². The highest BCUT2D eigenvalue weighted by Gasteiger charge is 2.17. The number of nitrogens with zero attached hydrogens (tertiary/aromatic N) is 2. The molecule has 2 amide bonds. The summed E-state index contributed by atoms with van der Waals surface area (Å²) in [6.45, 7) is 0.212. The Bertz CT molecular complexity index is 1020. The maximum Gasteiger partial charge on any atom is 0.325 e. The standard InChI is InChI=1S/C18H16N4O8/c1-11-8-12(6-7-14(11)21(26)27)18(25)19-9-17(24)30-10-16(23)20-13-4-2-3-5-15(13)22(28)29/h2-8H,9-10H2,1H3,(H,19,25)(H,20,23). The molecule has 0 aliphatic carbocycles. The summed E-state index contributed by atoms with van der Waals surface area (Å²) < 4.78 is 4.71. The average molecular weight is 416 g/mol. The number of hydrogen-bond acceptors (Lipinski definition) is 8. The Hall–Kier alpha value is -4.35. The molecule has 2 N–H and O–H groups in total. The number of rotatable bonds is 8. The highest BCUT2D eigenvalue weighted by atomic mass is 16.6. The molecule has 0 aromatic heterocycles. The number of carbonyl (C=O) groups is 3. The molecule has 2 aromatic carbocycles. The molecule has 0 bridgehead atoms. The van der Waals surface area contributed by atoms with Gasteiger partial charge in [-0.05, 0) is 25.1 Å². The minimum atomic E-state index is -0.917. The SMILES string of the molecule is Cc1cc(C(=O)NCC(=O)OCC(=O)Nc2ccccc2[N+](=O)[O-])ccc1[N+](=O)[O-]. The van der Waals surface area contributed by atoms with Gasteiger partial charge in [-0.2, -0.15) is 0 Å². The van der Waals surface area contributed by atoms with Gasteiger partial charge in [-0.25, -0.2) is 0 Å². The van der Waals surface area contributed by atoms with Crippen molar-refractivity contribution in [1.82, 2.24) is 5.32 Å². The number of ether oxygens (including phenoxy) is 1. The molecule has 0 fully saturated rings. The molecule has 12 heteroatoms. The van der Waals surface area contributed by atoms with E-state index in [0.717, 1.165) is 0 Å². The fourth-order valence-corrected chi connectivity index (χ4v) is 2.38. The molecule has 30 heavy (non-hydrogen) atoms. The fourth-order valence-electron chi connectivity index (χ4n) is 2.38. The van der Waals surface area contributed by atoms with Gasteiger partial charge in [-0.15, -0.1) is 0 Å². The number of nitro groups is 2. The zero-order valence-electron chi connectivity index (χ0n) is 15.6. The predicted molar refractivity (Wildman–Crippen MR) is 103 cm³/mol. The maximum atomic E-state index is 12.0. The van der Waals surface area contributed by atoms with Gasteiger partial charge in [0.05, 0.1) is 9.85 Å². The van der Waals surface area contributed by atoms with Crippen LogP contribution in [0.25, 0.3) is 0 Å².